The second-order valence-electron chi connectivity index (χ2n) is 4.39. The molecule has 0 saturated carbocycles. The van der Waals surface area contributed by atoms with Crippen molar-refractivity contribution in [3.8, 4) is 5.75 Å². The molecular weight excluding hydrogens is 272 g/mol. The van der Waals surface area contributed by atoms with E-state index in [0.717, 1.165) is 11.3 Å². The van der Waals surface area contributed by atoms with Crippen molar-refractivity contribution in [3.63, 3.8) is 0 Å². The van der Waals surface area contributed by atoms with Crippen molar-refractivity contribution >= 4 is 17.5 Å². The SMILES string of the molecule is COc1ccc(CNC(=O)C(=O)Nc2cnn(C)c2)cc1. The van der Waals surface area contributed by atoms with Gasteiger partial charge in [-0.2, -0.15) is 5.10 Å². The number of benzene rings is 1. The number of hydrogen-bond donors (Lipinski definition) is 2. The third-order valence-electron chi connectivity index (χ3n) is 2.78. The highest BCUT2D eigenvalue weighted by molar-refractivity contribution is 6.39. The maximum absolute atomic E-state index is 11.7. The van der Waals surface area contributed by atoms with E-state index in [4.69, 9.17) is 4.74 Å². The number of nitrogens with one attached hydrogen (secondary N) is 2. The number of ether oxygens (including phenoxy) is 1. The molecule has 110 valence electrons. The first-order valence-electron chi connectivity index (χ1n) is 6.29. The summed E-state index contributed by atoms with van der Waals surface area (Å²) in [4.78, 5) is 23.3. The van der Waals surface area contributed by atoms with Gasteiger partial charge in [0, 0.05) is 19.8 Å². The number of rotatable bonds is 4. The molecule has 1 aromatic heterocycles. The quantitative estimate of drug-likeness (QED) is 0.810. The maximum Gasteiger partial charge on any atom is 0.313 e. The molecule has 0 unspecified atom stereocenters. The molecule has 0 spiro atoms. The Labute approximate surface area is 121 Å². The van der Waals surface area contributed by atoms with Crippen LogP contribution >= 0.6 is 0 Å². The van der Waals surface area contributed by atoms with Crippen LogP contribution < -0.4 is 15.4 Å². The zero-order valence-corrected chi connectivity index (χ0v) is 11.8. The summed E-state index contributed by atoms with van der Waals surface area (Å²) >= 11 is 0. The van der Waals surface area contributed by atoms with Gasteiger partial charge in [-0.25, -0.2) is 0 Å². The Morgan fingerprint density at radius 3 is 2.52 bits per heavy atom. The molecule has 0 radical (unpaired) electrons. The fourth-order valence-electron chi connectivity index (χ4n) is 1.68. The number of carbonyl (C=O) groups is 2. The molecule has 2 amide bonds. The van der Waals surface area contributed by atoms with E-state index in [1.165, 1.54) is 10.9 Å². The fraction of sp³-hybridized carbons (Fsp3) is 0.214. The maximum atomic E-state index is 11.7. The van der Waals surface area contributed by atoms with Gasteiger partial charge in [0.25, 0.3) is 0 Å². The highest BCUT2D eigenvalue weighted by Crippen LogP contribution is 2.10. The molecule has 1 heterocycles. The van der Waals surface area contributed by atoms with Crippen LogP contribution in [0.15, 0.2) is 36.7 Å². The van der Waals surface area contributed by atoms with E-state index in [2.05, 4.69) is 15.7 Å². The van der Waals surface area contributed by atoms with Crippen LogP contribution in [-0.2, 0) is 23.2 Å². The Morgan fingerprint density at radius 2 is 1.95 bits per heavy atom. The van der Waals surface area contributed by atoms with Crippen LogP contribution in [0.5, 0.6) is 5.75 Å². The standard InChI is InChI=1S/C14H16N4O3/c1-18-9-11(8-16-18)17-14(20)13(19)15-7-10-3-5-12(21-2)6-4-10/h3-6,8-9H,7H2,1-2H3,(H,15,19)(H,17,20). The van der Waals surface area contributed by atoms with Gasteiger partial charge in [-0.05, 0) is 17.7 Å². The molecule has 0 bridgehead atoms. The minimum Gasteiger partial charge on any atom is -0.497 e. The second-order valence-corrected chi connectivity index (χ2v) is 4.39. The zero-order valence-electron chi connectivity index (χ0n) is 11.8. The van der Waals surface area contributed by atoms with Crippen molar-refractivity contribution in [3.05, 3.63) is 42.2 Å². The van der Waals surface area contributed by atoms with E-state index >= 15 is 0 Å². The van der Waals surface area contributed by atoms with Gasteiger partial charge in [0.05, 0.1) is 19.0 Å². The van der Waals surface area contributed by atoms with E-state index in [1.807, 2.05) is 12.1 Å². The number of anilines is 1. The minimum absolute atomic E-state index is 0.267. The van der Waals surface area contributed by atoms with Crippen LogP contribution in [0.2, 0.25) is 0 Å². The van der Waals surface area contributed by atoms with Crippen LogP contribution in [0.25, 0.3) is 0 Å². The predicted molar refractivity (Wildman–Crippen MR) is 76.7 cm³/mol. The van der Waals surface area contributed by atoms with Gasteiger partial charge in [-0.1, -0.05) is 12.1 Å². The topological polar surface area (TPSA) is 85.2 Å². The minimum atomic E-state index is -0.725. The van der Waals surface area contributed by atoms with Crippen molar-refractivity contribution < 1.29 is 14.3 Å². The average molecular weight is 288 g/mol. The number of carbonyl (C=O) groups excluding carboxylic acids is 2. The predicted octanol–water partition coefficient (Wildman–Crippen LogP) is 0.684. The van der Waals surface area contributed by atoms with Crippen molar-refractivity contribution in [2.75, 3.05) is 12.4 Å². The summed E-state index contributed by atoms with van der Waals surface area (Å²) in [6, 6.07) is 7.21. The van der Waals surface area contributed by atoms with Crippen LogP contribution in [0.1, 0.15) is 5.56 Å². The average Bonchev–Trinajstić information content (AvgIpc) is 2.90. The van der Waals surface area contributed by atoms with Gasteiger partial charge in [-0.3, -0.25) is 14.3 Å². The van der Waals surface area contributed by atoms with Crippen molar-refractivity contribution in [2.24, 2.45) is 7.05 Å². The van der Waals surface area contributed by atoms with Gasteiger partial charge >= 0.3 is 11.8 Å². The first-order valence-corrected chi connectivity index (χ1v) is 6.29. The number of hydrogen-bond acceptors (Lipinski definition) is 4. The zero-order chi connectivity index (χ0) is 15.2. The molecule has 0 fully saturated rings. The van der Waals surface area contributed by atoms with E-state index in [9.17, 15) is 9.59 Å². The van der Waals surface area contributed by atoms with Crippen molar-refractivity contribution in [1.82, 2.24) is 15.1 Å². The number of nitrogens with zero attached hydrogens (tertiary/aromatic N) is 2. The fourth-order valence-corrected chi connectivity index (χ4v) is 1.68. The summed E-state index contributed by atoms with van der Waals surface area (Å²) in [6.45, 7) is 0.267. The van der Waals surface area contributed by atoms with Gasteiger partial charge < -0.3 is 15.4 Å². The molecule has 0 aliphatic carbocycles. The molecule has 21 heavy (non-hydrogen) atoms. The second kappa shape index (κ2) is 6.56. The Bertz CT molecular complexity index is 634. The van der Waals surface area contributed by atoms with Crippen LogP contribution in [0.3, 0.4) is 0 Å². The van der Waals surface area contributed by atoms with Crippen molar-refractivity contribution in [2.45, 2.75) is 6.54 Å². The van der Waals surface area contributed by atoms with E-state index in [0.29, 0.717) is 5.69 Å². The lowest BCUT2D eigenvalue weighted by molar-refractivity contribution is -0.136. The summed E-state index contributed by atoms with van der Waals surface area (Å²) in [7, 11) is 3.30. The summed E-state index contributed by atoms with van der Waals surface area (Å²) in [5, 5.41) is 8.90. The van der Waals surface area contributed by atoms with Crippen LogP contribution in [0, 0.1) is 0 Å². The number of methoxy groups -OCH3 is 1. The smallest absolute Gasteiger partial charge is 0.313 e. The van der Waals surface area contributed by atoms with Gasteiger partial charge in [0.2, 0.25) is 0 Å². The summed E-state index contributed by atoms with van der Waals surface area (Å²) in [6.07, 6.45) is 3.07. The van der Waals surface area contributed by atoms with E-state index in [-0.39, 0.29) is 6.54 Å². The number of amides is 2. The molecule has 2 aromatic rings. The molecule has 0 saturated heterocycles. The number of aryl methyl sites for hydroxylation is 1. The van der Waals surface area contributed by atoms with Gasteiger partial charge in [-0.15, -0.1) is 0 Å². The summed E-state index contributed by atoms with van der Waals surface area (Å²) < 4.78 is 6.57. The van der Waals surface area contributed by atoms with E-state index in [1.54, 1.807) is 32.5 Å². The Kier molecular flexibility index (Phi) is 4.55. The van der Waals surface area contributed by atoms with Crippen molar-refractivity contribution in [1.29, 1.82) is 0 Å². The third kappa shape index (κ3) is 4.07. The first-order chi connectivity index (χ1) is 10.1. The molecule has 0 aliphatic rings. The first kappa shape index (κ1) is 14.6. The lowest BCUT2D eigenvalue weighted by Crippen LogP contribution is -2.34. The van der Waals surface area contributed by atoms with E-state index < -0.39 is 11.8 Å². The third-order valence-corrected chi connectivity index (χ3v) is 2.78. The summed E-state index contributed by atoms with van der Waals surface area (Å²) in [5.41, 5.74) is 1.35. The largest absolute Gasteiger partial charge is 0.497 e. The molecule has 2 rings (SSSR count). The lowest BCUT2D eigenvalue weighted by atomic mass is 10.2. The molecule has 0 aliphatic heterocycles. The number of aromatic nitrogens is 2. The van der Waals surface area contributed by atoms with Crippen LogP contribution in [-0.4, -0.2) is 28.7 Å². The highest BCUT2D eigenvalue weighted by atomic mass is 16.5. The molecule has 1 aromatic carbocycles. The summed E-state index contributed by atoms with van der Waals surface area (Å²) in [5.74, 6) is -0.689. The molecule has 7 heteroatoms. The van der Waals surface area contributed by atoms with Crippen LogP contribution in [0.4, 0.5) is 5.69 Å². The molecule has 7 nitrogen and oxygen atoms in total. The Balaban J connectivity index is 1.84. The molecule has 0 atom stereocenters. The molecular formula is C14H16N4O3. The van der Waals surface area contributed by atoms with Gasteiger partial charge in [0.1, 0.15) is 5.75 Å². The van der Waals surface area contributed by atoms with Gasteiger partial charge in [0.15, 0.2) is 0 Å². The molecule has 2 N–H and O–H groups in total. The Hall–Kier alpha value is -2.83. The Morgan fingerprint density at radius 1 is 1.24 bits per heavy atom. The highest BCUT2D eigenvalue weighted by Gasteiger charge is 2.13. The monoisotopic (exact) mass is 288 g/mol. The normalized spacial score (nSPS) is 10.0. The lowest BCUT2D eigenvalue weighted by Gasteiger charge is -2.06.